The third-order valence-electron chi connectivity index (χ3n) is 4.66. The van der Waals surface area contributed by atoms with Crippen LogP contribution in [0.15, 0.2) is 42.5 Å². The number of carbonyl (C=O) groups is 2. The Kier molecular flexibility index (Phi) is 9.21. The second kappa shape index (κ2) is 11.2. The molecule has 0 spiro atoms. The van der Waals surface area contributed by atoms with E-state index in [0.29, 0.717) is 11.6 Å². The third-order valence-corrected chi connectivity index (χ3v) is 6.85. The Labute approximate surface area is 203 Å². The van der Waals surface area contributed by atoms with Crippen LogP contribution in [0.25, 0.3) is 0 Å². The Balaban J connectivity index is 2.42. The second-order valence-electron chi connectivity index (χ2n) is 7.06. The van der Waals surface area contributed by atoms with E-state index in [-0.39, 0.29) is 28.2 Å². The van der Waals surface area contributed by atoms with Gasteiger partial charge in [-0.15, -0.1) is 0 Å². The van der Waals surface area contributed by atoms with Crippen LogP contribution in [-0.2, 0) is 26.2 Å². The molecule has 0 radical (unpaired) electrons. The summed E-state index contributed by atoms with van der Waals surface area (Å²) < 4.78 is 25.9. The molecular formula is C21H24Cl3N3O4S. The minimum absolute atomic E-state index is 0.00779. The number of halogens is 3. The molecule has 0 heterocycles. The van der Waals surface area contributed by atoms with E-state index in [0.717, 1.165) is 16.1 Å². The fourth-order valence-electron chi connectivity index (χ4n) is 2.97. The van der Waals surface area contributed by atoms with Crippen molar-refractivity contribution in [3.05, 3.63) is 63.1 Å². The molecule has 0 saturated heterocycles. The van der Waals surface area contributed by atoms with Crippen LogP contribution in [-0.4, -0.2) is 50.5 Å². The predicted octanol–water partition coefficient (Wildman–Crippen LogP) is 3.97. The summed E-state index contributed by atoms with van der Waals surface area (Å²) in [5.74, 6) is -0.943. The molecule has 0 unspecified atom stereocenters. The molecule has 0 aliphatic rings. The highest BCUT2D eigenvalue weighted by Gasteiger charge is 2.30. The number of anilines is 1. The van der Waals surface area contributed by atoms with E-state index in [1.807, 2.05) is 0 Å². The van der Waals surface area contributed by atoms with E-state index in [1.165, 1.54) is 23.1 Å². The highest BCUT2D eigenvalue weighted by atomic mass is 35.5. The van der Waals surface area contributed by atoms with Gasteiger partial charge in [-0.05, 0) is 43.7 Å². The largest absolute Gasteiger partial charge is 0.355 e. The lowest BCUT2D eigenvalue weighted by Gasteiger charge is -2.31. The zero-order valence-corrected chi connectivity index (χ0v) is 20.9. The molecule has 2 rings (SSSR count). The molecule has 2 amide bonds. The lowest BCUT2D eigenvalue weighted by atomic mass is 10.1. The van der Waals surface area contributed by atoms with Gasteiger partial charge in [0.2, 0.25) is 21.8 Å². The van der Waals surface area contributed by atoms with Crippen LogP contribution in [0, 0.1) is 0 Å². The van der Waals surface area contributed by atoms with Crippen molar-refractivity contribution in [2.24, 2.45) is 0 Å². The van der Waals surface area contributed by atoms with Gasteiger partial charge >= 0.3 is 0 Å². The van der Waals surface area contributed by atoms with Crippen molar-refractivity contribution in [1.29, 1.82) is 0 Å². The summed E-state index contributed by atoms with van der Waals surface area (Å²) in [7, 11) is -3.90. The fourth-order valence-corrected chi connectivity index (χ4v) is 4.40. The molecule has 0 fully saturated rings. The monoisotopic (exact) mass is 519 g/mol. The van der Waals surface area contributed by atoms with Gasteiger partial charge < -0.3 is 10.2 Å². The summed E-state index contributed by atoms with van der Waals surface area (Å²) in [5.41, 5.74) is 0.803. The van der Waals surface area contributed by atoms with Gasteiger partial charge in [-0.1, -0.05) is 53.0 Å². The number of carbonyl (C=O) groups excluding carboxylic acids is 2. The minimum atomic E-state index is -3.90. The highest BCUT2D eigenvalue weighted by Crippen LogP contribution is 2.33. The van der Waals surface area contributed by atoms with Crippen LogP contribution in [0.2, 0.25) is 15.1 Å². The van der Waals surface area contributed by atoms with Crippen LogP contribution in [0.4, 0.5) is 5.69 Å². The van der Waals surface area contributed by atoms with Gasteiger partial charge in [-0.25, -0.2) is 8.42 Å². The van der Waals surface area contributed by atoms with Crippen molar-refractivity contribution in [3.8, 4) is 0 Å². The number of benzene rings is 2. The molecule has 2 aromatic carbocycles. The Morgan fingerprint density at radius 3 is 2.25 bits per heavy atom. The summed E-state index contributed by atoms with van der Waals surface area (Å²) in [6, 6.07) is 10.5. The maximum Gasteiger partial charge on any atom is 0.244 e. The van der Waals surface area contributed by atoms with Crippen molar-refractivity contribution in [1.82, 2.24) is 10.2 Å². The average Bonchev–Trinajstić information content (AvgIpc) is 2.72. The Hall–Kier alpha value is -2.00. The van der Waals surface area contributed by atoms with Gasteiger partial charge in [0, 0.05) is 18.1 Å². The quantitative estimate of drug-likeness (QED) is 0.542. The van der Waals surface area contributed by atoms with E-state index < -0.39 is 28.5 Å². The number of nitrogens with one attached hydrogen (secondary N) is 1. The topological polar surface area (TPSA) is 86.8 Å². The highest BCUT2D eigenvalue weighted by molar-refractivity contribution is 7.92. The average molecular weight is 521 g/mol. The molecule has 7 nitrogen and oxygen atoms in total. The molecule has 0 aromatic heterocycles. The normalized spacial score (nSPS) is 12.2. The van der Waals surface area contributed by atoms with Gasteiger partial charge in [0.25, 0.3) is 0 Å². The van der Waals surface area contributed by atoms with Gasteiger partial charge in [0.1, 0.15) is 12.6 Å². The molecule has 0 saturated carbocycles. The minimum Gasteiger partial charge on any atom is -0.355 e. The molecule has 1 atom stereocenters. The SMILES string of the molecule is CCNC(=O)[C@H](C)N(Cc1ccc(Cl)cc1)C(=O)CN(c1cccc(Cl)c1Cl)S(C)(=O)=O. The van der Waals surface area contributed by atoms with Crippen LogP contribution in [0.1, 0.15) is 19.4 Å². The fraction of sp³-hybridized carbons (Fsp3) is 0.333. The number of nitrogens with zero attached hydrogens (tertiary/aromatic N) is 2. The molecule has 0 aliphatic carbocycles. The number of sulfonamides is 1. The number of hydrogen-bond acceptors (Lipinski definition) is 4. The third kappa shape index (κ3) is 6.75. The Morgan fingerprint density at radius 1 is 1.06 bits per heavy atom. The van der Waals surface area contributed by atoms with Crippen molar-refractivity contribution in [2.75, 3.05) is 23.7 Å². The lowest BCUT2D eigenvalue weighted by molar-refractivity contribution is -0.139. The van der Waals surface area contributed by atoms with E-state index in [1.54, 1.807) is 38.1 Å². The van der Waals surface area contributed by atoms with Crippen LogP contribution >= 0.6 is 34.8 Å². The zero-order chi connectivity index (χ0) is 24.1. The lowest BCUT2D eigenvalue weighted by Crippen LogP contribution is -2.51. The van der Waals surface area contributed by atoms with Crippen LogP contribution < -0.4 is 9.62 Å². The van der Waals surface area contributed by atoms with Crippen LogP contribution in [0.3, 0.4) is 0 Å². The Bertz CT molecular complexity index is 1080. The van der Waals surface area contributed by atoms with Crippen molar-refractivity contribution < 1.29 is 18.0 Å². The predicted molar refractivity (Wildman–Crippen MR) is 129 cm³/mol. The first-order valence-electron chi connectivity index (χ1n) is 9.69. The number of amides is 2. The van der Waals surface area contributed by atoms with E-state index in [4.69, 9.17) is 34.8 Å². The van der Waals surface area contributed by atoms with E-state index in [2.05, 4.69) is 5.32 Å². The molecule has 2 aromatic rings. The summed E-state index contributed by atoms with van der Waals surface area (Å²) >= 11 is 18.2. The van der Waals surface area contributed by atoms with Crippen molar-refractivity contribution >= 4 is 62.3 Å². The molecule has 11 heteroatoms. The smallest absolute Gasteiger partial charge is 0.244 e. The number of rotatable bonds is 9. The molecule has 1 N–H and O–H groups in total. The molecule has 0 aliphatic heterocycles. The maximum atomic E-state index is 13.3. The van der Waals surface area contributed by atoms with Gasteiger partial charge in [-0.3, -0.25) is 13.9 Å². The molecule has 174 valence electrons. The Morgan fingerprint density at radius 2 is 1.69 bits per heavy atom. The first kappa shape index (κ1) is 26.3. The van der Waals surface area contributed by atoms with Gasteiger partial charge in [-0.2, -0.15) is 0 Å². The summed E-state index contributed by atoms with van der Waals surface area (Å²) in [5, 5.41) is 3.37. The van der Waals surface area contributed by atoms with E-state index >= 15 is 0 Å². The number of likely N-dealkylation sites (N-methyl/N-ethyl adjacent to an activating group) is 1. The molecule has 0 bridgehead atoms. The first-order chi connectivity index (χ1) is 15.0. The summed E-state index contributed by atoms with van der Waals surface area (Å²) in [6.45, 7) is 3.25. The molecular weight excluding hydrogens is 497 g/mol. The van der Waals surface area contributed by atoms with Crippen LogP contribution in [0.5, 0.6) is 0 Å². The van der Waals surface area contributed by atoms with Gasteiger partial charge in [0.05, 0.1) is 22.0 Å². The zero-order valence-electron chi connectivity index (χ0n) is 17.8. The first-order valence-corrected chi connectivity index (χ1v) is 12.7. The van der Waals surface area contributed by atoms with Gasteiger partial charge in [0.15, 0.2) is 0 Å². The second-order valence-corrected chi connectivity index (χ2v) is 10.2. The van der Waals surface area contributed by atoms with Crippen molar-refractivity contribution in [2.45, 2.75) is 26.4 Å². The standard InChI is InChI=1S/C21H24Cl3N3O4S/c1-4-25-21(29)14(2)26(12-15-8-10-16(22)11-9-15)19(28)13-27(32(3,30)31)18-7-5-6-17(23)20(18)24/h5-11,14H,4,12-13H2,1-3H3,(H,25,29)/t14-/m0/s1. The molecule has 32 heavy (non-hydrogen) atoms. The number of hydrogen-bond donors (Lipinski definition) is 1. The van der Waals surface area contributed by atoms with E-state index in [9.17, 15) is 18.0 Å². The summed E-state index contributed by atoms with van der Waals surface area (Å²) in [4.78, 5) is 27.1. The summed E-state index contributed by atoms with van der Waals surface area (Å²) in [6.07, 6.45) is 0.967. The van der Waals surface area contributed by atoms with Crippen molar-refractivity contribution in [3.63, 3.8) is 0 Å². The maximum absolute atomic E-state index is 13.3.